The summed E-state index contributed by atoms with van der Waals surface area (Å²) in [5, 5.41) is 9.92. The van der Waals surface area contributed by atoms with Crippen LogP contribution in [0, 0.1) is 0 Å². The molecule has 2 heterocycles. The van der Waals surface area contributed by atoms with Gasteiger partial charge in [0, 0.05) is 36.9 Å². The van der Waals surface area contributed by atoms with Crippen molar-refractivity contribution in [2.45, 2.75) is 0 Å². The summed E-state index contributed by atoms with van der Waals surface area (Å²) in [6, 6.07) is 67.1. The van der Waals surface area contributed by atoms with Crippen LogP contribution in [0.1, 0.15) is 0 Å². The van der Waals surface area contributed by atoms with Gasteiger partial charge in [-0.3, -0.25) is 0 Å². The molecule has 0 spiro atoms. The highest BCUT2D eigenvalue weighted by atomic mass is 32.1. The molecule has 0 aliphatic heterocycles. The maximum absolute atomic E-state index is 5.04. The monoisotopic (exact) mass is 717 g/mol. The van der Waals surface area contributed by atoms with E-state index >= 15 is 0 Å². The zero-order valence-corrected chi connectivity index (χ0v) is 30.5. The van der Waals surface area contributed by atoms with Crippen LogP contribution in [0.2, 0.25) is 0 Å². The molecule has 0 bridgehead atoms. The Labute approximate surface area is 321 Å². The van der Waals surface area contributed by atoms with Crippen molar-refractivity contribution in [1.82, 2.24) is 15.0 Å². The first-order valence-corrected chi connectivity index (χ1v) is 19.3. The van der Waals surface area contributed by atoms with Crippen molar-refractivity contribution in [2.24, 2.45) is 0 Å². The number of benzene rings is 9. The van der Waals surface area contributed by atoms with Crippen LogP contribution < -0.4 is 0 Å². The van der Waals surface area contributed by atoms with Gasteiger partial charge in [-0.2, -0.15) is 0 Å². The Balaban J connectivity index is 1.05. The van der Waals surface area contributed by atoms with Crippen molar-refractivity contribution in [3.05, 3.63) is 188 Å². The quantitative estimate of drug-likeness (QED) is 0.166. The maximum atomic E-state index is 5.04. The highest BCUT2D eigenvalue weighted by Gasteiger charge is 2.16. The Bertz CT molecular complexity index is 3200. The summed E-state index contributed by atoms with van der Waals surface area (Å²) in [5.74, 6) is 1.96. The number of hydrogen-bond acceptors (Lipinski definition) is 4. The minimum absolute atomic E-state index is 0.651. The number of hydrogen-bond donors (Lipinski definition) is 0. The molecule has 0 amide bonds. The SMILES string of the molecule is c1ccc(-c2nc(-c3ccccc3)nc(-c3ccc4c5cc(-c6cccc(-c7ccc8c(c7)sc7ccccc78)c6)ccc5c5ccccc5c4c3)n2)cc1. The third-order valence-electron chi connectivity index (χ3n) is 10.7. The molecule has 2 aromatic heterocycles. The minimum atomic E-state index is 0.651. The van der Waals surface area contributed by atoms with Gasteiger partial charge in [0.25, 0.3) is 0 Å². The van der Waals surface area contributed by atoms with Crippen molar-refractivity contribution in [3.8, 4) is 56.4 Å². The third-order valence-corrected chi connectivity index (χ3v) is 11.8. The molecule has 0 aliphatic rings. The third kappa shape index (κ3) is 5.46. The lowest BCUT2D eigenvalue weighted by Gasteiger charge is -2.14. The van der Waals surface area contributed by atoms with E-state index in [-0.39, 0.29) is 0 Å². The van der Waals surface area contributed by atoms with Crippen molar-refractivity contribution >= 4 is 63.8 Å². The fourth-order valence-electron chi connectivity index (χ4n) is 8.00. The number of fused-ring (bicyclic) bond motifs is 9. The number of nitrogens with zero attached hydrogens (tertiary/aromatic N) is 3. The van der Waals surface area contributed by atoms with Crippen LogP contribution in [0.3, 0.4) is 0 Å². The van der Waals surface area contributed by atoms with Crippen LogP contribution in [0.15, 0.2) is 188 Å². The van der Waals surface area contributed by atoms with Gasteiger partial charge >= 0.3 is 0 Å². The molecular formula is C51H31N3S. The molecule has 11 rings (SSSR count). The molecule has 0 unspecified atom stereocenters. The fourth-order valence-corrected chi connectivity index (χ4v) is 9.14. The zero-order valence-electron chi connectivity index (χ0n) is 29.6. The van der Waals surface area contributed by atoms with Gasteiger partial charge in [-0.15, -0.1) is 11.3 Å². The average Bonchev–Trinajstić information content (AvgIpc) is 3.65. The van der Waals surface area contributed by atoms with E-state index < -0.39 is 0 Å². The Hall–Kier alpha value is -7.01. The summed E-state index contributed by atoms with van der Waals surface area (Å²) in [6.45, 7) is 0. The van der Waals surface area contributed by atoms with E-state index in [0.29, 0.717) is 17.5 Å². The van der Waals surface area contributed by atoms with Gasteiger partial charge in [0.05, 0.1) is 0 Å². The topological polar surface area (TPSA) is 38.7 Å². The van der Waals surface area contributed by atoms with Gasteiger partial charge < -0.3 is 0 Å². The fraction of sp³-hybridized carbons (Fsp3) is 0. The first kappa shape index (κ1) is 31.5. The molecule has 0 aliphatic carbocycles. The molecule has 256 valence electrons. The van der Waals surface area contributed by atoms with Crippen LogP contribution in [-0.4, -0.2) is 15.0 Å². The highest BCUT2D eigenvalue weighted by molar-refractivity contribution is 7.25. The van der Waals surface area contributed by atoms with Crippen LogP contribution in [0.25, 0.3) is 109 Å². The van der Waals surface area contributed by atoms with E-state index in [9.17, 15) is 0 Å². The van der Waals surface area contributed by atoms with E-state index in [1.165, 1.54) is 74.7 Å². The van der Waals surface area contributed by atoms with Crippen LogP contribution >= 0.6 is 11.3 Å². The molecule has 0 N–H and O–H groups in total. The largest absolute Gasteiger partial charge is 0.208 e. The van der Waals surface area contributed by atoms with Gasteiger partial charge in [-0.25, -0.2) is 15.0 Å². The summed E-state index contributed by atoms with van der Waals surface area (Å²) in [4.78, 5) is 15.0. The highest BCUT2D eigenvalue weighted by Crippen LogP contribution is 2.40. The molecule has 0 atom stereocenters. The molecule has 3 nitrogen and oxygen atoms in total. The molecule has 55 heavy (non-hydrogen) atoms. The predicted molar refractivity (Wildman–Crippen MR) is 232 cm³/mol. The lowest BCUT2D eigenvalue weighted by molar-refractivity contribution is 1.07. The molecule has 4 heteroatoms. The summed E-state index contributed by atoms with van der Waals surface area (Å²) in [6.07, 6.45) is 0. The summed E-state index contributed by atoms with van der Waals surface area (Å²) < 4.78 is 2.64. The first-order valence-electron chi connectivity index (χ1n) is 18.5. The van der Waals surface area contributed by atoms with Crippen molar-refractivity contribution in [3.63, 3.8) is 0 Å². The Morgan fingerprint density at radius 2 is 0.636 bits per heavy atom. The lowest BCUT2D eigenvalue weighted by Crippen LogP contribution is -2.00. The first-order chi connectivity index (χ1) is 27.2. The second-order valence-corrected chi connectivity index (χ2v) is 15.1. The van der Waals surface area contributed by atoms with E-state index in [4.69, 9.17) is 15.0 Å². The van der Waals surface area contributed by atoms with Crippen molar-refractivity contribution in [1.29, 1.82) is 0 Å². The molecular weight excluding hydrogens is 687 g/mol. The van der Waals surface area contributed by atoms with Gasteiger partial charge in [-0.1, -0.05) is 158 Å². The maximum Gasteiger partial charge on any atom is 0.164 e. The lowest BCUT2D eigenvalue weighted by atomic mass is 9.90. The number of thiophene rings is 1. The molecule has 0 saturated heterocycles. The van der Waals surface area contributed by atoms with Crippen molar-refractivity contribution < 1.29 is 0 Å². The van der Waals surface area contributed by atoms with Gasteiger partial charge in [0.2, 0.25) is 0 Å². The number of aromatic nitrogens is 3. The minimum Gasteiger partial charge on any atom is -0.208 e. The second-order valence-electron chi connectivity index (χ2n) is 14.0. The second kappa shape index (κ2) is 12.8. The summed E-state index contributed by atoms with van der Waals surface area (Å²) >= 11 is 1.86. The van der Waals surface area contributed by atoms with E-state index in [1.54, 1.807) is 0 Å². The van der Waals surface area contributed by atoms with E-state index in [2.05, 4.69) is 127 Å². The Morgan fingerprint density at radius 1 is 0.236 bits per heavy atom. The molecule has 0 radical (unpaired) electrons. The van der Waals surface area contributed by atoms with E-state index in [0.717, 1.165) is 16.7 Å². The van der Waals surface area contributed by atoms with Gasteiger partial charge in [0.15, 0.2) is 17.5 Å². The Morgan fingerprint density at radius 3 is 1.29 bits per heavy atom. The number of rotatable bonds is 5. The molecule has 11 aromatic rings. The average molecular weight is 718 g/mol. The predicted octanol–water partition coefficient (Wildman–Crippen LogP) is 14.0. The molecule has 0 fully saturated rings. The van der Waals surface area contributed by atoms with Crippen LogP contribution in [-0.2, 0) is 0 Å². The van der Waals surface area contributed by atoms with Gasteiger partial charge in [-0.05, 0) is 84.9 Å². The molecule has 9 aromatic carbocycles. The van der Waals surface area contributed by atoms with Crippen LogP contribution in [0.4, 0.5) is 0 Å². The molecule has 0 saturated carbocycles. The van der Waals surface area contributed by atoms with Crippen LogP contribution in [0.5, 0.6) is 0 Å². The normalized spacial score (nSPS) is 11.6. The standard InChI is InChI=1S/C51H31N3S/c1-3-12-32(13-4-1)49-52-50(33-14-5-2-6-15-33)54-51(53-49)38-24-26-42-45-29-36(22-25-41(45)39-18-7-8-19-40(39)46(42)30-38)34-16-11-17-35(28-34)37-23-27-44-43-20-9-10-21-47(43)55-48(44)31-37/h1-31H. The summed E-state index contributed by atoms with van der Waals surface area (Å²) in [5.41, 5.74) is 7.70. The van der Waals surface area contributed by atoms with E-state index in [1.807, 2.05) is 72.0 Å². The summed E-state index contributed by atoms with van der Waals surface area (Å²) in [7, 11) is 0. The van der Waals surface area contributed by atoms with Crippen molar-refractivity contribution in [2.75, 3.05) is 0 Å². The zero-order chi connectivity index (χ0) is 36.3. The smallest absolute Gasteiger partial charge is 0.164 e. The Kier molecular flexibility index (Phi) is 7.35. The van der Waals surface area contributed by atoms with Gasteiger partial charge in [0.1, 0.15) is 0 Å².